The van der Waals surface area contributed by atoms with E-state index in [1.54, 1.807) is 36.7 Å². The summed E-state index contributed by atoms with van der Waals surface area (Å²) in [7, 11) is 0. The number of fused-ring (bicyclic) bond motifs is 3. The van der Waals surface area contributed by atoms with Gasteiger partial charge in [-0.1, -0.05) is 6.92 Å². The number of ether oxygens (including phenoxy) is 1. The van der Waals surface area contributed by atoms with Crippen molar-refractivity contribution >= 4 is 27.3 Å². The number of carbonyl (C=O) groups is 1. The number of thiophene rings is 1. The lowest BCUT2D eigenvalue weighted by molar-refractivity contribution is 0.101. The molecule has 0 fully saturated rings. The summed E-state index contributed by atoms with van der Waals surface area (Å²) in [6.07, 6.45) is 4.93. The second-order valence-electron chi connectivity index (χ2n) is 6.39. The van der Waals surface area contributed by atoms with E-state index >= 15 is 0 Å². The summed E-state index contributed by atoms with van der Waals surface area (Å²) < 4.78 is 6.02. The van der Waals surface area contributed by atoms with Crippen molar-refractivity contribution in [2.45, 2.75) is 33.1 Å². The summed E-state index contributed by atoms with van der Waals surface area (Å²) in [4.78, 5) is 22.6. The Kier molecular flexibility index (Phi) is 3.81. The van der Waals surface area contributed by atoms with E-state index in [0.29, 0.717) is 17.2 Å². The third-order valence-corrected chi connectivity index (χ3v) is 5.69. The molecule has 24 heavy (non-hydrogen) atoms. The summed E-state index contributed by atoms with van der Waals surface area (Å²) in [5.74, 6) is 2.07. The lowest BCUT2D eigenvalue weighted by Gasteiger charge is -2.18. The van der Waals surface area contributed by atoms with Crippen molar-refractivity contribution < 1.29 is 9.53 Å². The van der Waals surface area contributed by atoms with Crippen LogP contribution in [0.1, 0.15) is 41.1 Å². The fourth-order valence-electron chi connectivity index (χ4n) is 3.19. The lowest BCUT2D eigenvalue weighted by atomic mass is 9.89. The van der Waals surface area contributed by atoms with Crippen LogP contribution in [0.15, 0.2) is 30.6 Å². The van der Waals surface area contributed by atoms with Crippen molar-refractivity contribution in [3.63, 3.8) is 0 Å². The van der Waals surface area contributed by atoms with Gasteiger partial charge in [-0.15, -0.1) is 11.3 Å². The van der Waals surface area contributed by atoms with E-state index in [9.17, 15) is 4.79 Å². The van der Waals surface area contributed by atoms with Crippen LogP contribution in [0.5, 0.6) is 11.6 Å². The number of hydrogen-bond donors (Lipinski definition) is 0. The Bertz CT molecular complexity index is 915. The zero-order valence-corrected chi connectivity index (χ0v) is 14.5. The zero-order valence-electron chi connectivity index (χ0n) is 13.7. The molecule has 0 radical (unpaired) electrons. The molecule has 0 unspecified atom stereocenters. The molecule has 4 rings (SSSR count). The molecule has 5 heteroatoms. The van der Waals surface area contributed by atoms with Gasteiger partial charge >= 0.3 is 0 Å². The van der Waals surface area contributed by atoms with Crippen molar-refractivity contribution in [2.24, 2.45) is 5.92 Å². The first-order chi connectivity index (χ1) is 11.6. The van der Waals surface area contributed by atoms with Crippen molar-refractivity contribution in [3.05, 3.63) is 46.6 Å². The summed E-state index contributed by atoms with van der Waals surface area (Å²) in [5.41, 5.74) is 2.03. The molecule has 1 atom stereocenters. The number of aromatic nitrogens is 2. The molecule has 122 valence electrons. The number of aryl methyl sites for hydroxylation is 1. The van der Waals surface area contributed by atoms with Gasteiger partial charge in [0.15, 0.2) is 5.78 Å². The van der Waals surface area contributed by atoms with Gasteiger partial charge in [-0.2, -0.15) is 0 Å². The quantitative estimate of drug-likeness (QED) is 0.643. The maximum atomic E-state index is 11.4. The molecule has 1 aliphatic carbocycles. The number of ketones is 1. The van der Waals surface area contributed by atoms with E-state index in [4.69, 9.17) is 4.74 Å². The Morgan fingerprint density at radius 3 is 2.79 bits per heavy atom. The van der Waals surface area contributed by atoms with Crippen LogP contribution >= 0.6 is 11.3 Å². The Labute approximate surface area is 144 Å². The number of Topliss-reactive ketones (excluding diaryl/α,β-unsaturated/α-hetero) is 1. The lowest BCUT2D eigenvalue weighted by Crippen LogP contribution is -2.08. The fourth-order valence-corrected chi connectivity index (χ4v) is 4.53. The first kappa shape index (κ1) is 15.3. The Balaban J connectivity index is 1.73. The topological polar surface area (TPSA) is 52.1 Å². The van der Waals surface area contributed by atoms with Crippen LogP contribution in [0.25, 0.3) is 10.2 Å². The Morgan fingerprint density at radius 1 is 1.25 bits per heavy atom. The van der Waals surface area contributed by atoms with E-state index in [-0.39, 0.29) is 5.78 Å². The number of benzene rings is 1. The van der Waals surface area contributed by atoms with Crippen LogP contribution in [0.2, 0.25) is 0 Å². The van der Waals surface area contributed by atoms with Gasteiger partial charge in [-0.25, -0.2) is 9.97 Å². The van der Waals surface area contributed by atoms with Gasteiger partial charge < -0.3 is 4.74 Å². The molecule has 0 saturated carbocycles. The maximum absolute atomic E-state index is 11.4. The number of hydrogen-bond acceptors (Lipinski definition) is 5. The standard InChI is InChI=1S/C19H18N2O2S/c1-11-3-8-15-16(9-11)24-19-17(15)18(20-10-21-19)23-14-6-4-13(5-7-14)12(2)22/h4-7,10-11H,3,8-9H2,1-2H3/t11-/m0/s1. The van der Waals surface area contributed by atoms with Crippen LogP contribution < -0.4 is 4.74 Å². The third-order valence-electron chi connectivity index (χ3n) is 4.53. The van der Waals surface area contributed by atoms with E-state index in [1.807, 2.05) is 12.1 Å². The minimum absolute atomic E-state index is 0.0481. The van der Waals surface area contributed by atoms with E-state index in [0.717, 1.165) is 29.0 Å². The molecule has 0 N–H and O–H groups in total. The summed E-state index contributed by atoms with van der Waals surface area (Å²) >= 11 is 1.76. The average molecular weight is 338 g/mol. The second-order valence-corrected chi connectivity index (χ2v) is 7.48. The van der Waals surface area contributed by atoms with E-state index in [2.05, 4.69) is 16.9 Å². The number of rotatable bonds is 3. The van der Waals surface area contributed by atoms with E-state index in [1.165, 1.54) is 16.9 Å². The highest BCUT2D eigenvalue weighted by molar-refractivity contribution is 7.18. The van der Waals surface area contributed by atoms with Crippen molar-refractivity contribution in [1.82, 2.24) is 9.97 Å². The van der Waals surface area contributed by atoms with Gasteiger partial charge in [0.05, 0.1) is 5.39 Å². The Hall–Kier alpha value is -2.27. The predicted molar refractivity (Wildman–Crippen MR) is 95.1 cm³/mol. The molecule has 0 bridgehead atoms. The van der Waals surface area contributed by atoms with Gasteiger partial charge in [0, 0.05) is 10.4 Å². The second kappa shape index (κ2) is 5.98. The minimum atomic E-state index is 0.0481. The molecule has 2 heterocycles. The molecule has 0 aliphatic heterocycles. The van der Waals surface area contributed by atoms with Gasteiger partial charge in [0.1, 0.15) is 16.9 Å². The maximum Gasteiger partial charge on any atom is 0.231 e. The van der Waals surface area contributed by atoms with Crippen LogP contribution in [-0.4, -0.2) is 15.8 Å². The highest BCUT2D eigenvalue weighted by Crippen LogP contribution is 2.41. The van der Waals surface area contributed by atoms with E-state index < -0.39 is 0 Å². The predicted octanol–water partition coefficient (Wildman–Crippen LogP) is 4.81. The van der Waals surface area contributed by atoms with Gasteiger partial charge in [-0.3, -0.25) is 4.79 Å². The smallest absolute Gasteiger partial charge is 0.231 e. The molecule has 2 aromatic heterocycles. The van der Waals surface area contributed by atoms with Crippen LogP contribution in [0.4, 0.5) is 0 Å². The molecule has 0 spiro atoms. The monoisotopic (exact) mass is 338 g/mol. The highest BCUT2D eigenvalue weighted by atomic mass is 32.1. The first-order valence-electron chi connectivity index (χ1n) is 8.16. The SMILES string of the molecule is CC(=O)c1ccc(Oc2ncnc3sc4c(c23)CC[C@H](C)C4)cc1. The van der Waals surface area contributed by atoms with Crippen LogP contribution in [-0.2, 0) is 12.8 Å². The van der Waals surface area contributed by atoms with Gasteiger partial charge in [-0.05, 0) is 61.9 Å². The normalized spacial score (nSPS) is 16.8. The summed E-state index contributed by atoms with van der Waals surface area (Å²) in [6, 6.07) is 7.18. The zero-order chi connectivity index (χ0) is 16.7. The largest absolute Gasteiger partial charge is 0.438 e. The van der Waals surface area contributed by atoms with Crippen molar-refractivity contribution in [2.75, 3.05) is 0 Å². The molecule has 4 nitrogen and oxygen atoms in total. The molecular weight excluding hydrogens is 320 g/mol. The van der Waals surface area contributed by atoms with Crippen LogP contribution in [0.3, 0.4) is 0 Å². The molecule has 1 aliphatic rings. The van der Waals surface area contributed by atoms with Crippen molar-refractivity contribution in [3.8, 4) is 11.6 Å². The summed E-state index contributed by atoms with van der Waals surface area (Å²) in [5, 5.41) is 1.06. The molecule has 1 aromatic carbocycles. The minimum Gasteiger partial charge on any atom is -0.438 e. The van der Waals surface area contributed by atoms with Crippen molar-refractivity contribution in [1.29, 1.82) is 0 Å². The molecule has 3 aromatic rings. The number of nitrogens with zero attached hydrogens (tertiary/aromatic N) is 2. The Morgan fingerprint density at radius 2 is 2.04 bits per heavy atom. The van der Waals surface area contributed by atoms with Gasteiger partial charge in [0.2, 0.25) is 5.88 Å². The fraction of sp³-hybridized carbons (Fsp3) is 0.316. The summed E-state index contributed by atoms with van der Waals surface area (Å²) in [6.45, 7) is 3.86. The first-order valence-corrected chi connectivity index (χ1v) is 8.97. The average Bonchev–Trinajstić information content (AvgIpc) is 2.93. The van der Waals surface area contributed by atoms with Crippen LogP contribution in [0, 0.1) is 5.92 Å². The highest BCUT2D eigenvalue weighted by Gasteiger charge is 2.23. The molecular formula is C19H18N2O2S. The molecule has 0 saturated heterocycles. The molecule has 0 amide bonds. The third kappa shape index (κ3) is 2.69. The van der Waals surface area contributed by atoms with Gasteiger partial charge in [0.25, 0.3) is 0 Å². The number of carbonyl (C=O) groups excluding carboxylic acids is 1.